The van der Waals surface area contributed by atoms with Crippen LogP contribution in [0.1, 0.15) is 65.5 Å². The van der Waals surface area contributed by atoms with Crippen molar-refractivity contribution in [1.82, 2.24) is 4.72 Å². The highest BCUT2D eigenvalue weighted by molar-refractivity contribution is 7.97. The molecule has 108 valence electrons. The fourth-order valence-corrected chi connectivity index (χ4v) is 2.84. The summed E-state index contributed by atoms with van der Waals surface area (Å²) in [6.45, 7) is 15.2. The van der Waals surface area contributed by atoms with Gasteiger partial charge in [0.1, 0.15) is 0 Å². The molecule has 0 aliphatic heterocycles. The number of aryl methyl sites for hydroxylation is 1. The highest BCUT2D eigenvalue weighted by Gasteiger charge is 2.40. The maximum atomic E-state index is 3.51. The van der Waals surface area contributed by atoms with Gasteiger partial charge in [-0.25, -0.2) is 0 Å². The number of rotatable bonds is 3. The second kappa shape index (κ2) is 6.32. The molecule has 0 spiro atoms. The van der Waals surface area contributed by atoms with Crippen molar-refractivity contribution in [3.8, 4) is 0 Å². The molecule has 0 amide bonds. The van der Waals surface area contributed by atoms with E-state index in [1.165, 1.54) is 28.9 Å². The fraction of sp³-hybridized carbons (Fsp3) is 0.647. The Morgan fingerprint density at radius 3 is 2.21 bits per heavy atom. The van der Waals surface area contributed by atoms with E-state index in [0.717, 1.165) is 0 Å². The van der Waals surface area contributed by atoms with Gasteiger partial charge in [0.2, 0.25) is 0 Å². The molecule has 1 aromatic rings. The van der Waals surface area contributed by atoms with Crippen LogP contribution in [0, 0.1) is 6.92 Å². The summed E-state index contributed by atoms with van der Waals surface area (Å²) in [5, 5.41) is 0. The highest BCUT2D eigenvalue weighted by Crippen LogP contribution is 2.50. The summed E-state index contributed by atoms with van der Waals surface area (Å²) < 4.78 is 3.51. The van der Waals surface area contributed by atoms with Crippen molar-refractivity contribution in [2.24, 2.45) is 0 Å². The van der Waals surface area contributed by atoms with Crippen LogP contribution in [0.3, 0.4) is 0 Å². The van der Waals surface area contributed by atoms with Crippen LogP contribution in [0.25, 0.3) is 0 Å². The van der Waals surface area contributed by atoms with Crippen molar-refractivity contribution in [3.63, 3.8) is 0 Å². The molecule has 2 heteroatoms. The van der Waals surface area contributed by atoms with E-state index in [2.05, 4.69) is 57.5 Å². The molecule has 0 bridgehead atoms. The molecule has 1 saturated carbocycles. The lowest BCUT2D eigenvalue weighted by Crippen LogP contribution is -2.30. The Morgan fingerprint density at radius 1 is 1.16 bits per heavy atom. The van der Waals surface area contributed by atoms with E-state index >= 15 is 0 Å². The highest BCUT2D eigenvalue weighted by atomic mass is 32.2. The van der Waals surface area contributed by atoms with Gasteiger partial charge in [-0.05, 0) is 69.5 Å². The molecule has 0 saturated heterocycles. The molecule has 0 heterocycles. The second-order valence-electron chi connectivity index (χ2n) is 6.51. The molecule has 1 N–H and O–H groups in total. The number of nitrogens with one attached hydrogen (secondary N) is 1. The molecule has 2 rings (SSSR count). The van der Waals surface area contributed by atoms with Crippen molar-refractivity contribution >= 4 is 11.9 Å². The summed E-state index contributed by atoms with van der Waals surface area (Å²) in [4.78, 5) is 1.39. The van der Waals surface area contributed by atoms with Gasteiger partial charge in [-0.1, -0.05) is 38.5 Å². The average molecular weight is 279 g/mol. The van der Waals surface area contributed by atoms with Gasteiger partial charge in [0.05, 0.1) is 0 Å². The number of benzene rings is 1. The summed E-state index contributed by atoms with van der Waals surface area (Å²) in [5.41, 5.74) is 3.48. The van der Waals surface area contributed by atoms with Crippen molar-refractivity contribution in [2.75, 3.05) is 0 Å². The van der Waals surface area contributed by atoms with Gasteiger partial charge in [0.15, 0.2) is 0 Å². The molecule has 0 unspecified atom stereocenters. The predicted octanol–water partition coefficient (Wildman–Crippen LogP) is 5.47. The third kappa shape index (κ3) is 4.85. The van der Waals surface area contributed by atoms with Crippen LogP contribution >= 0.6 is 11.9 Å². The van der Waals surface area contributed by atoms with Gasteiger partial charge in [0, 0.05) is 10.4 Å². The molecule has 0 radical (unpaired) electrons. The van der Waals surface area contributed by atoms with Crippen molar-refractivity contribution < 1.29 is 0 Å². The summed E-state index contributed by atoms with van der Waals surface area (Å²) in [5.74, 6) is 0. The lowest BCUT2D eigenvalue weighted by Gasteiger charge is -2.22. The zero-order valence-electron chi connectivity index (χ0n) is 13.6. The van der Waals surface area contributed by atoms with E-state index in [1.807, 2.05) is 13.8 Å². The van der Waals surface area contributed by atoms with Gasteiger partial charge in [-0.2, -0.15) is 0 Å². The van der Waals surface area contributed by atoms with Crippen LogP contribution in [-0.2, 0) is 5.41 Å². The maximum Gasteiger partial charge on any atom is 0.0266 e. The first-order valence-electron chi connectivity index (χ1n) is 7.35. The molecule has 1 fully saturated rings. The van der Waals surface area contributed by atoms with Crippen LogP contribution in [0.2, 0.25) is 0 Å². The van der Waals surface area contributed by atoms with Crippen molar-refractivity contribution in [1.29, 1.82) is 0 Å². The van der Waals surface area contributed by atoms with Crippen LogP contribution in [0.5, 0.6) is 0 Å². The van der Waals surface area contributed by atoms with Crippen molar-refractivity contribution in [3.05, 3.63) is 29.3 Å². The van der Waals surface area contributed by atoms with Crippen LogP contribution in [-0.4, -0.2) is 5.54 Å². The summed E-state index contributed by atoms with van der Waals surface area (Å²) in [7, 11) is 0. The first-order valence-corrected chi connectivity index (χ1v) is 8.17. The normalized spacial score (nSPS) is 16.6. The Labute approximate surface area is 123 Å². The minimum absolute atomic E-state index is 0.150. The fourth-order valence-electron chi connectivity index (χ4n) is 1.87. The van der Waals surface area contributed by atoms with Crippen molar-refractivity contribution in [2.45, 2.75) is 77.2 Å². The van der Waals surface area contributed by atoms with E-state index in [-0.39, 0.29) is 5.54 Å². The molecular weight excluding hydrogens is 250 g/mol. The van der Waals surface area contributed by atoms with E-state index < -0.39 is 0 Å². The Morgan fingerprint density at radius 2 is 1.74 bits per heavy atom. The minimum atomic E-state index is 0.150. The molecule has 19 heavy (non-hydrogen) atoms. The molecule has 1 aromatic carbocycles. The summed E-state index contributed by atoms with van der Waals surface area (Å²) in [6.07, 6.45) is 2.67. The molecule has 1 nitrogen and oxygen atoms in total. The zero-order chi connectivity index (χ0) is 14.7. The minimum Gasteiger partial charge on any atom is -0.255 e. The van der Waals surface area contributed by atoms with E-state index in [0.29, 0.717) is 5.41 Å². The number of hydrogen-bond donors (Lipinski definition) is 1. The molecule has 0 atom stereocenters. The van der Waals surface area contributed by atoms with Gasteiger partial charge in [0.25, 0.3) is 0 Å². The van der Waals surface area contributed by atoms with E-state index in [4.69, 9.17) is 0 Å². The molecule has 0 aromatic heterocycles. The third-order valence-corrected chi connectivity index (χ3v) is 4.54. The zero-order valence-corrected chi connectivity index (χ0v) is 14.4. The summed E-state index contributed by atoms with van der Waals surface area (Å²) in [6, 6.07) is 6.83. The van der Waals surface area contributed by atoms with Crippen LogP contribution in [0.15, 0.2) is 23.1 Å². The SMILES string of the molecule is CC.Cc1ccc(SNC(C)(C)C)c(C2(C)CC2)c1. The monoisotopic (exact) mass is 279 g/mol. The van der Waals surface area contributed by atoms with Crippen LogP contribution < -0.4 is 4.72 Å². The first-order chi connectivity index (χ1) is 8.80. The second-order valence-corrected chi connectivity index (χ2v) is 7.36. The van der Waals surface area contributed by atoms with E-state index in [1.54, 1.807) is 11.9 Å². The smallest absolute Gasteiger partial charge is 0.0266 e. The average Bonchev–Trinajstić information content (AvgIpc) is 3.08. The summed E-state index contributed by atoms with van der Waals surface area (Å²) >= 11 is 1.78. The quantitative estimate of drug-likeness (QED) is 0.736. The largest absolute Gasteiger partial charge is 0.255 e. The topological polar surface area (TPSA) is 12.0 Å². The van der Waals surface area contributed by atoms with Gasteiger partial charge in [-0.3, -0.25) is 4.72 Å². The Bertz CT molecular complexity index is 414. The van der Waals surface area contributed by atoms with Crippen LogP contribution in [0.4, 0.5) is 0 Å². The first kappa shape index (κ1) is 16.6. The number of hydrogen-bond acceptors (Lipinski definition) is 2. The predicted molar refractivity (Wildman–Crippen MR) is 87.9 cm³/mol. The van der Waals surface area contributed by atoms with Gasteiger partial charge in [-0.15, -0.1) is 0 Å². The molecule has 1 aliphatic carbocycles. The maximum absolute atomic E-state index is 3.51. The lowest BCUT2D eigenvalue weighted by molar-refractivity contribution is 0.535. The Balaban J connectivity index is 0.000000861. The third-order valence-electron chi connectivity index (χ3n) is 3.25. The van der Waals surface area contributed by atoms with E-state index in [9.17, 15) is 0 Å². The Hall–Kier alpha value is -0.470. The Kier molecular flexibility index (Phi) is 5.52. The molecular formula is C17H29NS. The molecule has 1 aliphatic rings. The lowest BCUT2D eigenvalue weighted by atomic mass is 9.97. The standard InChI is InChI=1S/C15H23NS.C2H6/c1-11-6-7-13(17-16-14(2,3)4)12(10-11)15(5)8-9-15;1-2/h6-7,10,16H,8-9H2,1-5H3;1-2H3. The van der Waals surface area contributed by atoms with Gasteiger partial charge >= 0.3 is 0 Å². The van der Waals surface area contributed by atoms with Gasteiger partial charge < -0.3 is 0 Å².